The lowest BCUT2D eigenvalue weighted by molar-refractivity contribution is -0.140. The van der Waals surface area contributed by atoms with E-state index in [0.717, 1.165) is 38.9 Å². The Morgan fingerprint density at radius 2 is 1.44 bits per heavy atom. The third-order valence-corrected chi connectivity index (χ3v) is 9.71. The largest absolute Gasteiger partial charge is 0.377 e. The van der Waals surface area contributed by atoms with E-state index >= 15 is 0 Å². The number of hydrogen-bond acceptors (Lipinski definition) is 8. The number of ether oxygens (including phenoxy) is 1. The molecule has 0 spiro atoms. The summed E-state index contributed by atoms with van der Waals surface area (Å²) < 4.78 is 7.86. The molecular formula is C39H39N3O5S. The second-order valence-corrected chi connectivity index (χ2v) is 13.3. The van der Waals surface area contributed by atoms with Gasteiger partial charge in [0.05, 0.1) is 13.2 Å². The van der Waals surface area contributed by atoms with E-state index in [1.807, 2.05) is 84.9 Å². The number of carbonyl (C=O) groups is 3. The fourth-order valence-electron chi connectivity index (χ4n) is 6.46. The van der Waals surface area contributed by atoms with Crippen molar-refractivity contribution in [1.82, 2.24) is 4.57 Å². The molecule has 0 bridgehead atoms. The highest BCUT2D eigenvalue weighted by atomic mass is 32.2. The van der Waals surface area contributed by atoms with Crippen LogP contribution in [0.4, 0.5) is 5.69 Å². The van der Waals surface area contributed by atoms with Gasteiger partial charge in [0.25, 0.3) is 0 Å². The van der Waals surface area contributed by atoms with Gasteiger partial charge in [-0.15, -0.1) is 11.8 Å². The zero-order valence-corrected chi connectivity index (χ0v) is 28.5. The van der Waals surface area contributed by atoms with Crippen molar-refractivity contribution < 1.29 is 24.0 Å². The summed E-state index contributed by atoms with van der Waals surface area (Å²) >= 11 is 1.60. The van der Waals surface area contributed by atoms with E-state index in [4.69, 9.17) is 9.57 Å². The van der Waals surface area contributed by atoms with E-state index in [0.29, 0.717) is 42.1 Å². The van der Waals surface area contributed by atoms with Crippen LogP contribution in [0.15, 0.2) is 101 Å². The Bertz CT molecular complexity index is 1990. The van der Waals surface area contributed by atoms with Crippen molar-refractivity contribution in [2.45, 2.75) is 57.6 Å². The third kappa shape index (κ3) is 6.93. The summed E-state index contributed by atoms with van der Waals surface area (Å²) in [6, 6.07) is 29.6. The Morgan fingerprint density at radius 3 is 2.06 bits per heavy atom. The summed E-state index contributed by atoms with van der Waals surface area (Å²) in [6.45, 7) is 9.70. The highest BCUT2D eigenvalue weighted by Gasteiger charge is 2.26. The average molecular weight is 662 g/mol. The summed E-state index contributed by atoms with van der Waals surface area (Å²) in [6.07, 6.45) is 0.321. The number of hydrogen-bond donors (Lipinski definition) is 0. The van der Waals surface area contributed by atoms with Crippen LogP contribution in [-0.4, -0.2) is 58.9 Å². The number of fused-ring (bicyclic) bond motifs is 3. The molecule has 0 amide bonds. The van der Waals surface area contributed by atoms with Gasteiger partial charge in [-0.25, -0.2) is 4.79 Å². The van der Waals surface area contributed by atoms with Crippen LogP contribution in [0.25, 0.3) is 21.8 Å². The molecule has 2 heterocycles. The average Bonchev–Trinajstić information content (AvgIpc) is 3.42. The molecule has 2 atom stereocenters. The van der Waals surface area contributed by atoms with E-state index in [2.05, 4.69) is 35.4 Å². The fraction of sp³-hybridized carbons (Fsp3) is 0.282. The van der Waals surface area contributed by atoms with Crippen LogP contribution in [0.2, 0.25) is 0 Å². The van der Waals surface area contributed by atoms with Gasteiger partial charge in [-0.2, -0.15) is 0 Å². The number of oxime groups is 1. The topological polar surface area (TPSA) is 90.2 Å². The zero-order chi connectivity index (χ0) is 33.8. The molecule has 48 heavy (non-hydrogen) atoms. The van der Waals surface area contributed by atoms with Crippen molar-refractivity contribution in [2.75, 3.05) is 23.9 Å². The van der Waals surface area contributed by atoms with E-state index in [1.54, 1.807) is 17.8 Å². The second-order valence-electron chi connectivity index (χ2n) is 12.1. The maximum absolute atomic E-state index is 13.8. The van der Waals surface area contributed by atoms with Crippen LogP contribution in [0.1, 0.15) is 60.4 Å². The molecule has 0 aliphatic carbocycles. The molecule has 5 aromatic rings. The first kappa shape index (κ1) is 33.2. The zero-order valence-electron chi connectivity index (χ0n) is 27.6. The van der Waals surface area contributed by atoms with Crippen LogP contribution in [0.3, 0.4) is 0 Å². The number of aromatic nitrogens is 1. The van der Waals surface area contributed by atoms with Gasteiger partial charge >= 0.3 is 5.97 Å². The highest BCUT2D eigenvalue weighted by molar-refractivity contribution is 7.99. The number of nitrogens with zero attached hydrogens (tertiary/aromatic N) is 3. The number of ketones is 2. The van der Waals surface area contributed by atoms with Gasteiger partial charge in [-0.1, -0.05) is 23.4 Å². The lowest BCUT2D eigenvalue weighted by Crippen LogP contribution is -2.49. The summed E-state index contributed by atoms with van der Waals surface area (Å²) in [5.41, 5.74) is 4.81. The minimum atomic E-state index is -0.588. The second kappa shape index (κ2) is 14.6. The molecule has 6 rings (SSSR count). The molecule has 9 heteroatoms. The van der Waals surface area contributed by atoms with Crippen LogP contribution in [0, 0.1) is 0 Å². The summed E-state index contributed by atoms with van der Waals surface area (Å²) in [5.74, 6) is -0.373. The first-order chi connectivity index (χ1) is 23.2. The Morgan fingerprint density at radius 1 is 0.833 bits per heavy atom. The minimum absolute atomic E-state index is 0.0668. The van der Waals surface area contributed by atoms with Crippen LogP contribution in [0.5, 0.6) is 0 Å². The normalized spacial score (nSPS) is 16.8. The lowest BCUT2D eigenvalue weighted by Gasteiger charge is -2.40. The number of anilines is 1. The third-order valence-electron chi connectivity index (χ3n) is 8.70. The summed E-state index contributed by atoms with van der Waals surface area (Å²) in [7, 11) is 0. The van der Waals surface area contributed by atoms with Gasteiger partial charge in [0.15, 0.2) is 5.78 Å². The van der Waals surface area contributed by atoms with Gasteiger partial charge in [-0.3, -0.25) is 9.59 Å². The number of carbonyl (C=O) groups excluding carboxylic acids is 3. The highest BCUT2D eigenvalue weighted by Crippen LogP contribution is 2.32. The van der Waals surface area contributed by atoms with Crippen molar-refractivity contribution in [2.24, 2.45) is 5.16 Å². The molecular weight excluding hydrogens is 623 g/mol. The standard InChI is InChI=1S/C39H39N3O5S/c1-5-41-36-17-13-29(38(44)28-11-15-31(16-12-28)42-25(2)23-46-24-26(42)3)21-33(36)34-22-30(14-18-37(34)41)39(45)35(40-47-27(4)43)19-20-48-32-9-7-6-8-10-32/h6-18,21-22,25-26H,5,19-20,23-24H2,1-4H3. The Hall–Kier alpha value is -4.73. The van der Waals surface area contributed by atoms with Crippen LogP contribution >= 0.6 is 11.8 Å². The van der Waals surface area contributed by atoms with Crippen LogP contribution in [-0.2, 0) is 20.9 Å². The summed E-state index contributed by atoms with van der Waals surface area (Å²) in [4.78, 5) is 47.5. The SMILES string of the molecule is CCn1c2ccc(C(=O)C(CCSc3ccccc3)=NOC(C)=O)cc2c2cc(C(=O)c3ccc(N4C(C)COCC4C)cc3)ccc21. The summed E-state index contributed by atoms with van der Waals surface area (Å²) in [5, 5.41) is 5.71. The maximum Gasteiger partial charge on any atom is 0.331 e. The number of aryl methyl sites for hydroxylation is 1. The van der Waals surface area contributed by atoms with E-state index in [9.17, 15) is 14.4 Å². The molecule has 0 radical (unpaired) electrons. The van der Waals surface area contributed by atoms with Gasteiger partial charge < -0.3 is 19.0 Å². The monoisotopic (exact) mass is 661 g/mol. The fourth-order valence-corrected chi connectivity index (χ4v) is 7.34. The van der Waals surface area contributed by atoms with Crippen molar-refractivity contribution >= 4 is 62.5 Å². The maximum atomic E-state index is 13.8. The minimum Gasteiger partial charge on any atom is -0.377 e. The molecule has 1 aliphatic rings. The number of thioether (sulfide) groups is 1. The molecule has 1 aromatic heterocycles. The van der Waals surface area contributed by atoms with Gasteiger partial charge in [0.2, 0.25) is 5.78 Å². The molecule has 0 saturated carbocycles. The Kier molecular flexibility index (Phi) is 10.1. The van der Waals surface area contributed by atoms with Crippen molar-refractivity contribution in [3.63, 3.8) is 0 Å². The smallest absolute Gasteiger partial charge is 0.331 e. The number of rotatable bonds is 11. The van der Waals surface area contributed by atoms with Gasteiger partial charge in [0.1, 0.15) is 5.71 Å². The number of benzene rings is 4. The molecule has 1 saturated heterocycles. The molecule has 1 aliphatic heterocycles. The Balaban J connectivity index is 1.30. The Labute approximate surface area is 284 Å². The first-order valence-electron chi connectivity index (χ1n) is 16.3. The van der Waals surface area contributed by atoms with Gasteiger partial charge in [0, 0.05) is 86.8 Å². The van der Waals surface area contributed by atoms with E-state index < -0.39 is 5.97 Å². The van der Waals surface area contributed by atoms with Crippen molar-refractivity contribution in [1.29, 1.82) is 0 Å². The van der Waals surface area contributed by atoms with Crippen LogP contribution < -0.4 is 4.90 Å². The molecule has 2 unspecified atom stereocenters. The molecule has 8 nitrogen and oxygen atoms in total. The van der Waals surface area contributed by atoms with E-state index in [1.165, 1.54) is 6.92 Å². The molecule has 0 N–H and O–H groups in total. The first-order valence-corrected chi connectivity index (χ1v) is 17.3. The lowest BCUT2D eigenvalue weighted by atomic mass is 9.99. The predicted octanol–water partition coefficient (Wildman–Crippen LogP) is 7.94. The molecule has 4 aromatic carbocycles. The molecule has 1 fully saturated rings. The molecule has 246 valence electrons. The number of morpholine rings is 1. The predicted molar refractivity (Wildman–Crippen MR) is 193 cm³/mol. The van der Waals surface area contributed by atoms with Crippen molar-refractivity contribution in [3.8, 4) is 0 Å². The van der Waals surface area contributed by atoms with Crippen molar-refractivity contribution in [3.05, 3.63) is 108 Å². The number of Topliss-reactive ketones (excluding diaryl/α,β-unsaturated/α-hetero) is 1. The van der Waals surface area contributed by atoms with E-state index in [-0.39, 0.29) is 29.4 Å². The van der Waals surface area contributed by atoms with Gasteiger partial charge in [-0.05, 0) is 93.6 Å². The quantitative estimate of drug-likeness (QED) is 0.0467.